The molecule has 0 unspecified atom stereocenters. The second-order valence-corrected chi connectivity index (χ2v) is 7.12. The van der Waals surface area contributed by atoms with E-state index in [2.05, 4.69) is 5.16 Å². The molecular formula is C15H16N2O5S. The van der Waals surface area contributed by atoms with Gasteiger partial charge >= 0.3 is 5.97 Å². The van der Waals surface area contributed by atoms with Crippen LogP contribution in [0.25, 0.3) is 0 Å². The molecule has 1 atom stereocenters. The maximum atomic E-state index is 13.0. The summed E-state index contributed by atoms with van der Waals surface area (Å²) in [5.41, 5.74) is 1.40. The fraction of sp³-hybridized carbons (Fsp3) is 0.333. The highest BCUT2D eigenvalue weighted by molar-refractivity contribution is 7.93. The van der Waals surface area contributed by atoms with Gasteiger partial charge in [-0.05, 0) is 25.5 Å². The Hall–Kier alpha value is -2.35. The first-order chi connectivity index (χ1) is 10.9. The smallest absolute Gasteiger partial charge is 0.315 e. The summed E-state index contributed by atoms with van der Waals surface area (Å²) in [6.45, 7) is 3.12. The van der Waals surface area contributed by atoms with Gasteiger partial charge < -0.3 is 9.26 Å². The topological polar surface area (TPSA) is 89.7 Å². The molecule has 0 N–H and O–H groups in total. The summed E-state index contributed by atoms with van der Waals surface area (Å²) in [6, 6.07) is 6.91. The van der Waals surface area contributed by atoms with Gasteiger partial charge in [0.1, 0.15) is 11.6 Å². The van der Waals surface area contributed by atoms with Crippen molar-refractivity contribution in [2.45, 2.75) is 24.7 Å². The molecule has 7 nitrogen and oxygen atoms in total. The van der Waals surface area contributed by atoms with E-state index in [0.717, 1.165) is 0 Å². The third-order valence-corrected chi connectivity index (χ3v) is 5.96. The highest BCUT2D eigenvalue weighted by Gasteiger charge is 2.42. The Morgan fingerprint density at radius 3 is 2.65 bits per heavy atom. The van der Waals surface area contributed by atoms with Crippen molar-refractivity contribution in [1.82, 2.24) is 5.16 Å². The number of hydrogen-bond donors (Lipinski definition) is 0. The van der Waals surface area contributed by atoms with E-state index in [1.54, 1.807) is 38.1 Å². The first kappa shape index (κ1) is 15.5. The largest absolute Gasteiger partial charge is 0.468 e. The van der Waals surface area contributed by atoms with E-state index >= 15 is 0 Å². The molecule has 8 heteroatoms. The van der Waals surface area contributed by atoms with E-state index in [0.29, 0.717) is 16.9 Å². The Kier molecular flexibility index (Phi) is 3.63. The minimum Gasteiger partial charge on any atom is -0.468 e. The SMILES string of the molecule is COC(=O)[C@H]1CN(S(=O)(=O)c2c(C)noc2C)c2ccccc21. The fourth-order valence-electron chi connectivity index (χ4n) is 2.90. The lowest BCUT2D eigenvalue weighted by Crippen LogP contribution is -2.32. The van der Waals surface area contributed by atoms with Crippen molar-refractivity contribution < 1.29 is 22.5 Å². The monoisotopic (exact) mass is 336 g/mol. The first-order valence-corrected chi connectivity index (χ1v) is 8.44. The van der Waals surface area contributed by atoms with E-state index in [1.807, 2.05) is 0 Å². The van der Waals surface area contributed by atoms with Crippen LogP contribution in [0.3, 0.4) is 0 Å². The average molecular weight is 336 g/mol. The zero-order chi connectivity index (χ0) is 16.8. The molecule has 0 aliphatic carbocycles. The number of aromatic nitrogens is 1. The summed E-state index contributed by atoms with van der Waals surface area (Å²) in [5.74, 6) is -0.887. The lowest BCUT2D eigenvalue weighted by atomic mass is 10.0. The molecule has 0 bridgehead atoms. The Morgan fingerprint density at radius 2 is 2.04 bits per heavy atom. The predicted molar refractivity (Wildman–Crippen MR) is 81.7 cm³/mol. The van der Waals surface area contributed by atoms with Gasteiger partial charge in [-0.15, -0.1) is 0 Å². The maximum Gasteiger partial charge on any atom is 0.315 e. The predicted octanol–water partition coefficient (Wildman–Crippen LogP) is 1.76. The number of methoxy groups -OCH3 is 1. The van der Waals surface area contributed by atoms with Gasteiger partial charge in [0.2, 0.25) is 0 Å². The summed E-state index contributed by atoms with van der Waals surface area (Å²) < 4.78 is 37.1. The first-order valence-electron chi connectivity index (χ1n) is 7.00. The van der Waals surface area contributed by atoms with Crippen molar-refractivity contribution in [2.24, 2.45) is 0 Å². The molecular weight excluding hydrogens is 320 g/mol. The lowest BCUT2D eigenvalue weighted by Gasteiger charge is -2.19. The van der Waals surface area contributed by atoms with Crippen molar-refractivity contribution in [1.29, 1.82) is 0 Å². The standard InChI is InChI=1S/C15H16N2O5S/c1-9-14(10(2)22-16-9)23(19,20)17-8-12(15(18)21-3)11-6-4-5-7-13(11)17/h4-7,12H,8H2,1-3H3/t12-/m0/s1. The van der Waals surface area contributed by atoms with Crippen LogP contribution in [-0.4, -0.2) is 33.2 Å². The Morgan fingerprint density at radius 1 is 1.35 bits per heavy atom. The number of benzene rings is 1. The van der Waals surface area contributed by atoms with Gasteiger partial charge in [0.25, 0.3) is 10.0 Å². The number of aryl methyl sites for hydroxylation is 2. The molecule has 1 aliphatic heterocycles. The summed E-state index contributed by atoms with van der Waals surface area (Å²) >= 11 is 0. The molecule has 1 aromatic heterocycles. The normalized spacial score (nSPS) is 17.2. The van der Waals surface area contributed by atoms with Crippen LogP contribution in [0.2, 0.25) is 0 Å². The Balaban J connectivity index is 2.13. The second kappa shape index (κ2) is 5.38. The number of esters is 1. The quantitative estimate of drug-likeness (QED) is 0.793. The van der Waals surface area contributed by atoms with Crippen LogP contribution in [0.5, 0.6) is 0 Å². The van der Waals surface area contributed by atoms with Crippen LogP contribution in [0, 0.1) is 13.8 Å². The van der Waals surface area contributed by atoms with Crippen LogP contribution in [0.4, 0.5) is 5.69 Å². The second-order valence-electron chi connectivity index (χ2n) is 5.32. The number of sulfonamides is 1. The van der Waals surface area contributed by atoms with E-state index in [1.165, 1.54) is 11.4 Å². The molecule has 0 saturated heterocycles. The number of nitrogens with zero attached hydrogens (tertiary/aromatic N) is 2. The number of fused-ring (bicyclic) bond motifs is 1. The zero-order valence-corrected chi connectivity index (χ0v) is 13.8. The fourth-order valence-corrected chi connectivity index (χ4v) is 4.70. The summed E-state index contributed by atoms with van der Waals surface area (Å²) in [4.78, 5) is 12.0. The van der Waals surface area contributed by atoms with Gasteiger partial charge in [0, 0.05) is 0 Å². The number of hydrogen-bond acceptors (Lipinski definition) is 6. The molecule has 2 aromatic rings. The minimum absolute atomic E-state index is 0.00157. The third-order valence-electron chi connectivity index (χ3n) is 3.93. The number of para-hydroxylation sites is 1. The van der Waals surface area contributed by atoms with Crippen LogP contribution < -0.4 is 4.31 Å². The van der Waals surface area contributed by atoms with E-state index < -0.39 is 21.9 Å². The molecule has 122 valence electrons. The van der Waals surface area contributed by atoms with Gasteiger partial charge in [0.05, 0.1) is 19.3 Å². The minimum atomic E-state index is -3.88. The lowest BCUT2D eigenvalue weighted by molar-refractivity contribution is -0.141. The van der Waals surface area contributed by atoms with Crippen molar-refractivity contribution in [2.75, 3.05) is 18.0 Å². The average Bonchev–Trinajstić information content (AvgIpc) is 3.08. The summed E-state index contributed by atoms with van der Waals surface area (Å²) in [6.07, 6.45) is 0. The molecule has 1 aliphatic rings. The van der Waals surface area contributed by atoms with Crippen LogP contribution in [0.15, 0.2) is 33.7 Å². The number of rotatable bonds is 3. The van der Waals surface area contributed by atoms with Crippen LogP contribution >= 0.6 is 0 Å². The highest BCUT2D eigenvalue weighted by atomic mass is 32.2. The number of carbonyl (C=O) groups is 1. The van der Waals surface area contributed by atoms with Crippen LogP contribution in [-0.2, 0) is 19.6 Å². The molecule has 0 fully saturated rings. The van der Waals surface area contributed by atoms with Crippen LogP contribution in [0.1, 0.15) is 22.9 Å². The summed E-state index contributed by atoms with van der Waals surface area (Å²) in [5, 5.41) is 3.71. The molecule has 23 heavy (non-hydrogen) atoms. The molecule has 1 aromatic carbocycles. The van der Waals surface area contributed by atoms with Crippen molar-refractivity contribution in [3.8, 4) is 0 Å². The van der Waals surface area contributed by atoms with E-state index in [9.17, 15) is 13.2 Å². The number of ether oxygens (including phenoxy) is 1. The Bertz CT molecular complexity index is 852. The van der Waals surface area contributed by atoms with E-state index in [4.69, 9.17) is 9.26 Å². The number of anilines is 1. The van der Waals surface area contributed by atoms with Crippen molar-refractivity contribution in [3.05, 3.63) is 41.3 Å². The van der Waals surface area contributed by atoms with Crippen molar-refractivity contribution >= 4 is 21.7 Å². The molecule has 0 saturated carbocycles. The summed E-state index contributed by atoms with van der Waals surface area (Å²) in [7, 11) is -2.59. The zero-order valence-electron chi connectivity index (χ0n) is 12.9. The van der Waals surface area contributed by atoms with Gasteiger partial charge in [-0.25, -0.2) is 8.42 Å². The molecule has 0 amide bonds. The van der Waals surface area contributed by atoms with Gasteiger partial charge in [-0.1, -0.05) is 23.4 Å². The third kappa shape index (κ3) is 2.29. The number of carbonyl (C=O) groups excluding carboxylic acids is 1. The van der Waals surface area contributed by atoms with Crippen molar-refractivity contribution in [3.63, 3.8) is 0 Å². The van der Waals surface area contributed by atoms with Gasteiger partial charge in [-0.2, -0.15) is 0 Å². The van der Waals surface area contributed by atoms with Gasteiger partial charge in [0.15, 0.2) is 10.7 Å². The van der Waals surface area contributed by atoms with E-state index in [-0.39, 0.29) is 17.2 Å². The Labute approximate surface area is 133 Å². The molecule has 0 radical (unpaired) electrons. The van der Waals surface area contributed by atoms with Gasteiger partial charge in [-0.3, -0.25) is 9.10 Å². The molecule has 0 spiro atoms. The molecule has 2 heterocycles. The maximum absolute atomic E-state index is 13.0. The molecule has 3 rings (SSSR count). The highest BCUT2D eigenvalue weighted by Crippen LogP contribution is 2.40.